The molecule has 2 aliphatic rings. The molecule has 2 aromatic rings. The molecule has 1 heterocycles. The maximum atomic E-state index is 13.6. The van der Waals surface area contributed by atoms with E-state index in [0.717, 1.165) is 24.0 Å². The molecule has 1 aliphatic heterocycles. The van der Waals surface area contributed by atoms with Gasteiger partial charge in [-0.2, -0.15) is 0 Å². The van der Waals surface area contributed by atoms with Crippen LogP contribution in [0.1, 0.15) is 35.4 Å². The summed E-state index contributed by atoms with van der Waals surface area (Å²) in [6.45, 7) is 0.246. The smallest absolute Gasteiger partial charge is 0.303 e. The normalized spacial score (nSPS) is 17.4. The Morgan fingerprint density at radius 1 is 1.28 bits per heavy atom. The van der Waals surface area contributed by atoms with E-state index in [9.17, 15) is 9.18 Å². The molecule has 0 fully saturated rings. The molecule has 25 heavy (non-hydrogen) atoms. The lowest BCUT2D eigenvalue weighted by atomic mass is 9.98. The van der Waals surface area contributed by atoms with Crippen molar-refractivity contribution in [3.8, 4) is 17.2 Å². The first-order chi connectivity index (χ1) is 12.1. The monoisotopic (exact) mass is 344 g/mol. The summed E-state index contributed by atoms with van der Waals surface area (Å²) < 4.78 is 30.0. The van der Waals surface area contributed by atoms with Gasteiger partial charge in [0.25, 0.3) is 0 Å². The molecule has 1 atom stereocenters. The molecule has 0 radical (unpaired) electrons. The number of fused-ring (bicyclic) bond motifs is 2. The van der Waals surface area contributed by atoms with Gasteiger partial charge in [-0.15, -0.1) is 0 Å². The minimum atomic E-state index is -0.777. The SMILES string of the molecule is O=C(O)CC1CCc2cc(OCc3cc(F)cc4c3OCO4)ccc21. The van der Waals surface area contributed by atoms with Gasteiger partial charge in [0.2, 0.25) is 6.79 Å². The zero-order valence-corrected chi connectivity index (χ0v) is 13.5. The highest BCUT2D eigenvalue weighted by molar-refractivity contribution is 5.68. The molecule has 5 nitrogen and oxygen atoms in total. The van der Waals surface area contributed by atoms with Crippen LogP contribution in [0.25, 0.3) is 0 Å². The van der Waals surface area contributed by atoms with E-state index in [2.05, 4.69) is 0 Å². The van der Waals surface area contributed by atoms with Gasteiger partial charge in [-0.1, -0.05) is 6.07 Å². The van der Waals surface area contributed by atoms with Gasteiger partial charge < -0.3 is 19.3 Å². The number of carboxylic acids is 1. The molecule has 0 amide bonds. The summed E-state index contributed by atoms with van der Waals surface area (Å²) in [5.41, 5.74) is 2.79. The Morgan fingerprint density at radius 2 is 2.16 bits per heavy atom. The topological polar surface area (TPSA) is 65.0 Å². The summed E-state index contributed by atoms with van der Waals surface area (Å²) in [6.07, 6.45) is 1.84. The van der Waals surface area contributed by atoms with Crippen LogP contribution in [-0.4, -0.2) is 17.9 Å². The second-order valence-corrected chi connectivity index (χ2v) is 6.28. The third kappa shape index (κ3) is 3.12. The fourth-order valence-corrected chi connectivity index (χ4v) is 3.51. The van der Waals surface area contributed by atoms with Gasteiger partial charge >= 0.3 is 5.97 Å². The summed E-state index contributed by atoms with van der Waals surface area (Å²) in [4.78, 5) is 10.9. The van der Waals surface area contributed by atoms with Crippen LogP contribution in [0.15, 0.2) is 30.3 Å². The standard InChI is InChI=1S/C19H17FO5/c20-14-5-13(19-17(8-14)24-10-25-19)9-23-15-3-4-16-11(6-15)1-2-12(16)7-18(21)22/h3-6,8,12H,1-2,7,9-10H2,(H,21,22). The molecule has 1 N–H and O–H groups in total. The van der Waals surface area contributed by atoms with Gasteiger partial charge in [-0.25, -0.2) is 4.39 Å². The number of halogens is 1. The van der Waals surface area contributed by atoms with Crippen LogP contribution in [0, 0.1) is 5.82 Å². The van der Waals surface area contributed by atoms with Crippen LogP contribution in [0.5, 0.6) is 17.2 Å². The largest absolute Gasteiger partial charge is 0.489 e. The Balaban J connectivity index is 1.49. The molecule has 1 unspecified atom stereocenters. The number of aliphatic carboxylic acids is 1. The van der Waals surface area contributed by atoms with Crippen LogP contribution in [-0.2, 0) is 17.8 Å². The molecular weight excluding hydrogens is 327 g/mol. The quantitative estimate of drug-likeness (QED) is 0.897. The Labute approximate surface area is 143 Å². The van der Waals surface area contributed by atoms with Crippen LogP contribution in [0.3, 0.4) is 0 Å². The molecule has 6 heteroatoms. The average Bonchev–Trinajstić information content (AvgIpc) is 3.19. The summed E-state index contributed by atoms with van der Waals surface area (Å²) in [7, 11) is 0. The summed E-state index contributed by atoms with van der Waals surface area (Å²) in [5.74, 6) is 0.479. The van der Waals surface area contributed by atoms with E-state index < -0.39 is 11.8 Å². The number of hydrogen-bond donors (Lipinski definition) is 1. The third-order valence-electron chi connectivity index (χ3n) is 4.65. The van der Waals surface area contributed by atoms with Crippen LogP contribution in [0.2, 0.25) is 0 Å². The summed E-state index contributed by atoms with van der Waals surface area (Å²) in [6, 6.07) is 8.37. The lowest BCUT2D eigenvalue weighted by Gasteiger charge is -2.12. The fourth-order valence-electron chi connectivity index (χ4n) is 3.51. The van der Waals surface area contributed by atoms with Crippen molar-refractivity contribution in [2.75, 3.05) is 6.79 Å². The molecular formula is C19H17FO5. The number of aryl methyl sites for hydroxylation is 1. The first-order valence-electron chi connectivity index (χ1n) is 8.15. The van der Waals surface area contributed by atoms with Gasteiger partial charge in [-0.3, -0.25) is 4.79 Å². The molecule has 0 saturated carbocycles. The molecule has 0 aromatic heterocycles. The van der Waals surface area contributed by atoms with Crippen molar-refractivity contribution in [3.63, 3.8) is 0 Å². The van der Waals surface area contributed by atoms with E-state index in [1.165, 1.54) is 12.1 Å². The first kappa shape index (κ1) is 15.7. The van der Waals surface area contributed by atoms with Gasteiger partial charge in [0.15, 0.2) is 11.5 Å². The lowest BCUT2D eigenvalue weighted by Crippen LogP contribution is -2.03. The minimum absolute atomic E-state index is 0.0681. The van der Waals surface area contributed by atoms with E-state index in [4.69, 9.17) is 19.3 Å². The Morgan fingerprint density at radius 3 is 3.00 bits per heavy atom. The second kappa shape index (κ2) is 6.27. The van der Waals surface area contributed by atoms with E-state index in [1.54, 1.807) is 0 Å². The highest BCUT2D eigenvalue weighted by Crippen LogP contribution is 2.39. The third-order valence-corrected chi connectivity index (χ3v) is 4.65. The number of carbonyl (C=O) groups is 1. The fraction of sp³-hybridized carbons (Fsp3) is 0.316. The van der Waals surface area contributed by atoms with Crippen LogP contribution >= 0.6 is 0 Å². The van der Waals surface area contributed by atoms with E-state index in [-0.39, 0.29) is 25.7 Å². The van der Waals surface area contributed by atoms with Gasteiger partial charge in [-0.05, 0) is 48.1 Å². The minimum Gasteiger partial charge on any atom is -0.489 e. The van der Waals surface area contributed by atoms with Crippen molar-refractivity contribution >= 4 is 5.97 Å². The van der Waals surface area contributed by atoms with E-state index in [0.29, 0.717) is 22.8 Å². The number of benzene rings is 2. The second-order valence-electron chi connectivity index (χ2n) is 6.28. The van der Waals surface area contributed by atoms with Gasteiger partial charge in [0.05, 0.1) is 6.42 Å². The molecule has 4 rings (SSSR count). The number of hydrogen-bond acceptors (Lipinski definition) is 4. The van der Waals surface area contributed by atoms with Crippen LogP contribution < -0.4 is 14.2 Å². The van der Waals surface area contributed by atoms with Crippen molar-refractivity contribution in [2.24, 2.45) is 0 Å². The zero-order chi connectivity index (χ0) is 17.4. The molecule has 0 saturated heterocycles. The maximum Gasteiger partial charge on any atom is 0.303 e. The summed E-state index contributed by atoms with van der Waals surface area (Å²) >= 11 is 0. The average molecular weight is 344 g/mol. The van der Waals surface area contributed by atoms with Crippen molar-refractivity contribution in [1.82, 2.24) is 0 Å². The van der Waals surface area contributed by atoms with Crippen molar-refractivity contribution in [1.29, 1.82) is 0 Å². The Bertz CT molecular complexity index is 833. The first-order valence-corrected chi connectivity index (χ1v) is 8.15. The van der Waals surface area contributed by atoms with Gasteiger partial charge in [0.1, 0.15) is 18.2 Å². The number of carboxylic acid groups (broad SMARTS) is 1. The van der Waals surface area contributed by atoms with Gasteiger partial charge in [0, 0.05) is 11.6 Å². The highest BCUT2D eigenvalue weighted by Gasteiger charge is 2.25. The predicted octanol–water partition coefficient (Wildman–Crippen LogP) is 3.64. The highest BCUT2D eigenvalue weighted by atomic mass is 19.1. The van der Waals surface area contributed by atoms with E-state index >= 15 is 0 Å². The molecule has 2 aromatic carbocycles. The number of ether oxygens (including phenoxy) is 3. The Hall–Kier alpha value is -2.76. The Kier molecular flexibility index (Phi) is 3.95. The molecule has 0 bridgehead atoms. The van der Waals surface area contributed by atoms with Crippen molar-refractivity contribution < 1.29 is 28.5 Å². The van der Waals surface area contributed by atoms with Crippen LogP contribution in [0.4, 0.5) is 4.39 Å². The molecule has 0 spiro atoms. The van der Waals surface area contributed by atoms with Crippen molar-refractivity contribution in [2.45, 2.75) is 31.8 Å². The van der Waals surface area contributed by atoms with E-state index in [1.807, 2.05) is 18.2 Å². The molecule has 130 valence electrons. The maximum absolute atomic E-state index is 13.6. The lowest BCUT2D eigenvalue weighted by molar-refractivity contribution is -0.137. The predicted molar refractivity (Wildman–Crippen MR) is 86.6 cm³/mol. The number of rotatable bonds is 5. The molecule has 1 aliphatic carbocycles. The zero-order valence-electron chi connectivity index (χ0n) is 13.5. The van der Waals surface area contributed by atoms with Crippen molar-refractivity contribution in [3.05, 3.63) is 52.8 Å². The summed E-state index contributed by atoms with van der Waals surface area (Å²) in [5, 5.41) is 8.99.